The van der Waals surface area contributed by atoms with Crippen LogP contribution < -0.4 is 11.1 Å². The minimum absolute atomic E-state index is 0. The number of anilines is 1. The largest absolute Gasteiger partial charge is 0.320 e. The van der Waals surface area contributed by atoms with Gasteiger partial charge in [0, 0.05) is 11.8 Å². The molecule has 1 amide bonds. The van der Waals surface area contributed by atoms with Gasteiger partial charge in [-0.05, 0) is 18.3 Å². The van der Waals surface area contributed by atoms with Crippen molar-refractivity contribution in [2.75, 3.05) is 5.32 Å². The highest BCUT2D eigenvalue weighted by atomic mass is 35.5. The van der Waals surface area contributed by atoms with Crippen molar-refractivity contribution in [2.24, 2.45) is 17.6 Å². The maximum absolute atomic E-state index is 12.0. The third kappa shape index (κ3) is 5.29. The highest BCUT2D eigenvalue weighted by Crippen LogP contribution is 2.26. The first kappa shape index (κ1) is 19.0. The zero-order valence-electron chi connectivity index (χ0n) is 13.6. The molecule has 22 heavy (non-hydrogen) atoms. The number of amides is 1. The summed E-state index contributed by atoms with van der Waals surface area (Å²) in [6.45, 7) is 4.03. The standard InChI is InChI=1S/C16H28N4O.ClH/c1-3-11(2)15(17)16(21)18-14-10-13(19-20-14)9-12-7-5-4-6-8-12;/h10-12,15H,3-9,17H2,1-2H3,(H2,18,19,20,21);1H. The van der Waals surface area contributed by atoms with Crippen LogP contribution in [0.4, 0.5) is 5.82 Å². The van der Waals surface area contributed by atoms with Crippen molar-refractivity contribution >= 4 is 24.1 Å². The minimum Gasteiger partial charge on any atom is -0.320 e. The van der Waals surface area contributed by atoms with E-state index in [-0.39, 0.29) is 24.2 Å². The van der Waals surface area contributed by atoms with Crippen LogP contribution in [0, 0.1) is 11.8 Å². The van der Waals surface area contributed by atoms with Gasteiger partial charge in [-0.25, -0.2) is 0 Å². The van der Waals surface area contributed by atoms with Crippen LogP contribution in [0.3, 0.4) is 0 Å². The van der Waals surface area contributed by atoms with E-state index < -0.39 is 6.04 Å². The second-order valence-electron chi connectivity index (χ2n) is 6.39. The number of aromatic amines is 1. The summed E-state index contributed by atoms with van der Waals surface area (Å²) in [4.78, 5) is 12.0. The third-order valence-corrected chi connectivity index (χ3v) is 4.68. The molecule has 0 aliphatic heterocycles. The van der Waals surface area contributed by atoms with Gasteiger partial charge in [-0.1, -0.05) is 52.4 Å². The Kier molecular flexibility index (Phi) is 7.90. The number of halogens is 1. The fourth-order valence-corrected chi connectivity index (χ4v) is 2.95. The van der Waals surface area contributed by atoms with Gasteiger partial charge in [0.05, 0.1) is 6.04 Å². The SMILES string of the molecule is CCC(C)C(N)C(=O)Nc1cc(CC2CCCCC2)[nH]n1.Cl. The van der Waals surface area contributed by atoms with E-state index in [2.05, 4.69) is 15.5 Å². The number of hydrogen-bond donors (Lipinski definition) is 3. The molecule has 0 saturated heterocycles. The molecule has 1 fully saturated rings. The zero-order valence-corrected chi connectivity index (χ0v) is 14.4. The summed E-state index contributed by atoms with van der Waals surface area (Å²) in [5.74, 6) is 1.36. The van der Waals surface area contributed by atoms with Crippen LogP contribution in [-0.2, 0) is 11.2 Å². The van der Waals surface area contributed by atoms with Crippen LogP contribution in [0.15, 0.2) is 6.07 Å². The Morgan fingerprint density at radius 1 is 1.45 bits per heavy atom. The Bertz CT molecular complexity index is 457. The molecule has 2 unspecified atom stereocenters. The summed E-state index contributed by atoms with van der Waals surface area (Å²) in [5, 5.41) is 10.0. The molecule has 1 aromatic heterocycles. The molecule has 1 aromatic rings. The number of carbonyl (C=O) groups excluding carboxylic acids is 1. The lowest BCUT2D eigenvalue weighted by molar-refractivity contribution is -0.118. The molecule has 1 heterocycles. The van der Waals surface area contributed by atoms with Crippen molar-refractivity contribution in [1.29, 1.82) is 0 Å². The first-order valence-electron chi connectivity index (χ1n) is 8.21. The molecule has 0 aromatic carbocycles. The van der Waals surface area contributed by atoms with Crippen molar-refractivity contribution in [3.05, 3.63) is 11.8 Å². The van der Waals surface area contributed by atoms with Crippen molar-refractivity contribution < 1.29 is 4.79 Å². The third-order valence-electron chi connectivity index (χ3n) is 4.68. The lowest BCUT2D eigenvalue weighted by atomic mass is 9.86. The number of carbonyl (C=O) groups is 1. The lowest BCUT2D eigenvalue weighted by Crippen LogP contribution is -2.40. The van der Waals surface area contributed by atoms with Crippen LogP contribution in [0.1, 0.15) is 58.1 Å². The molecule has 2 rings (SSSR count). The van der Waals surface area contributed by atoms with Crippen LogP contribution >= 0.6 is 12.4 Å². The normalized spacial score (nSPS) is 18.3. The topological polar surface area (TPSA) is 83.8 Å². The van der Waals surface area contributed by atoms with E-state index in [4.69, 9.17) is 5.73 Å². The second kappa shape index (κ2) is 9.16. The molecule has 0 spiro atoms. The average molecular weight is 329 g/mol. The van der Waals surface area contributed by atoms with Gasteiger partial charge in [-0.15, -0.1) is 12.4 Å². The Balaban J connectivity index is 0.00000242. The summed E-state index contributed by atoms with van der Waals surface area (Å²) < 4.78 is 0. The Hall–Kier alpha value is -1.07. The van der Waals surface area contributed by atoms with E-state index >= 15 is 0 Å². The van der Waals surface area contributed by atoms with E-state index in [0.717, 1.165) is 24.5 Å². The monoisotopic (exact) mass is 328 g/mol. The van der Waals surface area contributed by atoms with Gasteiger partial charge in [0.25, 0.3) is 0 Å². The number of nitrogens with one attached hydrogen (secondary N) is 2. The highest BCUT2D eigenvalue weighted by molar-refractivity contribution is 5.94. The summed E-state index contributed by atoms with van der Waals surface area (Å²) in [5.41, 5.74) is 7.03. The number of rotatable bonds is 6. The molecule has 1 aliphatic carbocycles. The quantitative estimate of drug-likeness (QED) is 0.749. The molecule has 2 atom stereocenters. The van der Waals surface area contributed by atoms with Gasteiger partial charge >= 0.3 is 0 Å². The highest BCUT2D eigenvalue weighted by Gasteiger charge is 2.20. The van der Waals surface area contributed by atoms with E-state index in [1.54, 1.807) is 0 Å². The number of nitrogens with zero attached hydrogens (tertiary/aromatic N) is 1. The number of hydrogen-bond acceptors (Lipinski definition) is 3. The maximum Gasteiger partial charge on any atom is 0.242 e. The van der Waals surface area contributed by atoms with Gasteiger partial charge in [0.2, 0.25) is 5.91 Å². The molecule has 0 radical (unpaired) electrons. The van der Waals surface area contributed by atoms with Crippen LogP contribution in [0.2, 0.25) is 0 Å². The van der Waals surface area contributed by atoms with Crippen molar-refractivity contribution in [2.45, 2.75) is 64.8 Å². The van der Waals surface area contributed by atoms with Gasteiger partial charge in [0.15, 0.2) is 5.82 Å². The first-order valence-corrected chi connectivity index (χ1v) is 8.21. The maximum atomic E-state index is 12.0. The molecular formula is C16H29ClN4O. The van der Waals surface area contributed by atoms with Crippen LogP contribution in [-0.4, -0.2) is 22.1 Å². The number of aromatic nitrogens is 2. The first-order chi connectivity index (χ1) is 10.1. The fraction of sp³-hybridized carbons (Fsp3) is 0.750. The summed E-state index contributed by atoms with van der Waals surface area (Å²) in [6.07, 6.45) is 8.58. The molecular weight excluding hydrogens is 300 g/mol. The summed E-state index contributed by atoms with van der Waals surface area (Å²) >= 11 is 0. The zero-order chi connectivity index (χ0) is 15.2. The van der Waals surface area contributed by atoms with E-state index in [1.807, 2.05) is 19.9 Å². The van der Waals surface area contributed by atoms with Crippen LogP contribution in [0.25, 0.3) is 0 Å². The minimum atomic E-state index is -0.478. The smallest absolute Gasteiger partial charge is 0.242 e. The van der Waals surface area contributed by atoms with Gasteiger partial charge < -0.3 is 11.1 Å². The predicted octanol–water partition coefficient (Wildman–Crippen LogP) is 3.27. The average Bonchev–Trinajstić information content (AvgIpc) is 2.93. The van der Waals surface area contributed by atoms with Crippen molar-refractivity contribution in [3.63, 3.8) is 0 Å². The van der Waals surface area contributed by atoms with Crippen molar-refractivity contribution in [1.82, 2.24) is 10.2 Å². The molecule has 5 nitrogen and oxygen atoms in total. The Morgan fingerprint density at radius 2 is 2.14 bits per heavy atom. The molecule has 4 N–H and O–H groups in total. The predicted molar refractivity (Wildman–Crippen MR) is 92.2 cm³/mol. The van der Waals surface area contributed by atoms with Gasteiger partial charge in [-0.3, -0.25) is 9.89 Å². The van der Waals surface area contributed by atoms with E-state index in [9.17, 15) is 4.79 Å². The molecule has 1 aliphatic rings. The fourth-order valence-electron chi connectivity index (χ4n) is 2.95. The summed E-state index contributed by atoms with van der Waals surface area (Å²) in [6, 6.07) is 1.46. The van der Waals surface area contributed by atoms with E-state index in [1.165, 1.54) is 32.1 Å². The second-order valence-corrected chi connectivity index (χ2v) is 6.39. The molecule has 126 valence electrons. The van der Waals surface area contributed by atoms with E-state index in [0.29, 0.717) is 5.82 Å². The molecule has 6 heteroatoms. The molecule has 1 saturated carbocycles. The lowest BCUT2D eigenvalue weighted by Gasteiger charge is -2.20. The Labute approximate surface area is 139 Å². The number of H-pyrrole nitrogens is 1. The number of nitrogens with two attached hydrogens (primary N) is 1. The van der Waals surface area contributed by atoms with Gasteiger partial charge in [-0.2, -0.15) is 5.10 Å². The van der Waals surface area contributed by atoms with Gasteiger partial charge in [0.1, 0.15) is 0 Å². The Morgan fingerprint density at radius 3 is 2.77 bits per heavy atom. The van der Waals surface area contributed by atoms with Crippen molar-refractivity contribution in [3.8, 4) is 0 Å². The molecule has 0 bridgehead atoms. The summed E-state index contributed by atoms with van der Waals surface area (Å²) in [7, 11) is 0. The van der Waals surface area contributed by atoms with Crippen LogP contribution in [0.5, 0.6) is 0 Å².